The molecule has 4 nitrogen and oxygen atoms in total. The lowest BCUT2D eigenvalue weighted by molar-refractivity contribution is 0.321. The fraction of sp³-hybridized carbons (Fsp3) is 0.400. The van der Waals surface area contributed by atoms with Gasteiger partial charge in [0.05, 0.1) is 21.3 Å². The largest absolute Gasteiger partial charge is 0.493 e. The number of hydrogen-bond acceptors (Lipinski definition) is 4. The number of ether oxygens (including phenoxy) is 3. The third kappa shape index (κ3) is 4.65. The Kier molecular flexibility index (Phi) is 6.94. The SMILES string of the molecule is COc1ccc(CN[C@@H](C)CCc2ccccc2)c(OC)c1OC. The van der Waals surface area contributed by atoms with Gasteiger partial charge in [-0.1, -0.05) is 36.4 Å². The van der Waals surface area contributed by atoms with Crippen LogP contribution in [-0.4, -0.2) is 27.4 Å². The minimum Gasteiger partial charge on any atom is -0.493 e. The van der Waals surface area contributed by atoms with E-state index in [0.29, 0.717) is 17.5 Å². The van der Waals surface area contributed by atoms with Crippen molar-refractivity contribution in [3.05, 3.63) is 53.6 Å². The Balaban J connectivity index is 1.95. The molecule has 0 aliphatic rings. The number of nitrogens with one attached hydrogen (secondary N) is 1. The molecule has 0 saturated carbocycles. The lowest BCUT2D eigenvalue weighted by Gasteiger charge is -2.18. The molecule has 4 heteroatoms. The van der Waals surface area contributed by atoms with Crippen LogP contribution in [0.25, 0.3) is 0 Å². The van der Waals surface area contributed by atoms with Crippen LogP contribution in [0.5, 0.6) is 17.2 Å². The standard InChI is InChI=1S/C20H27NO3/c1-15(10-11-16-8-6-5-7-9-16)21-14-17-12-13-18(22-2)20(24-4)19(17)23-3/h5-9,12-13,15,21H,10-11,14H2,1-4H3/t15-/m0/s1. The monoisotopic (exact) mass is 329 g/mol. The average molecular weight is 329 g/mol. The summed E-state index contributed by atoms with van der Waals surface area (Å²) in [7, 11) is 4.90. The maximum Gasteiger partial charge on any atom is 0.203 e. The van der Waals surface area contributed by atoms with Crippen molar-refractivity contribution in [1.82, 2.24) is 5.32 Å². The van der Waals surface area contributed by atoms with Gasteiger partial charge in [0, 0.05) is 18.2 Å². The lowest BCUT2D eigenvalue weighted by atomic mass is 10.1. The van der Waals surface area contributed by atoms with Gasteiger partial charge in [0.15, 0.2) is 11.5 Å². The van der Waals surface area contributed by atoms with Crippen molar-refractivity contribution in [2.45, 2.75) is 32.4 Å². The molecular weight excluding hydrogens is 302 g/mol. The number of rotatable bonds is 9. The molecule has 0 radical (unpaired) electrons. The summed E-state index contributed by atoms with van der Waals surface area (Å²) >= 11 is 0. The van der Waals surface area contributed by atoms with E-state index in [1.807, 2.05) is 12.1 Å². The van der Waals surface area contributed by atoms with Crippen molar-refractivity contribution in [3.8, 4) is 17.2 Å². The van der Waals surface area contributed by atoms with Gasteiger partial charge in [-0.05, 0) is 31.4 Å². The van der Waals surface area contributed by atoms with Crippen LogP contribution in [0.4, 0.5) is 0 Å². The molecule has 2 rings (SSSR count). The topological polar surface area (TPSA) is 39.7 Å². The minimum atomic E-state index is 0.406. The second kappa shape index (κ2) is 9.18. The Morgan fingerprint density at radius 1 is 0.875 bits per heavy atom. The van der Waals surface area contributed by atoms with Crippen molar-refractivity contribution < 1.29 is 14.2 Å². The van der Waals surface area contributed by atoms with Gasteiger partial charge >= 0.3 is 0 Å². The summed E-state index contributed by atoms with van der Waals surface area (Å²) in [6, 6.07) is 14.9. The van der Waals surface area contributed by atoms with Gasteiger partial charge in [-0.3, -0.25) is 0 Å². The van der Waals surface area contributed by atoms with Crippen LogP contribution in [0.15, 0.2) is 42.5 Å². The van der Waals surface area contributed by atoms with Crippen LogP contribution in [0, 0.1) is 0 Å². The van der Waals surface area contributed by atoms with Gasteiger partial charge in [-0.15, -0.1) is 0 Å². The molecule has 0 aliphatic carbocycles. The van der Waals surface area contributed by atoms with E-state index >= 15 is 0 Å². The average Bonchev–Trinajstić information content (AvgIpc) is 2.64. The third-order valence-corrected chi connectivity index (χ3v) is 4.14. The van der Waals surface area contributed by atoms with Crippen molar-refractivity contribution in [2.75, 3.05) is 21.3 Å². The summed E-state index contributed by atoms with van der Waals surface area (Å²) in [4.78, 5) is 0. The van der Waals surface area contributed by atoms with Crippen LogP contribution >= 0.6 is 0 Å². The Morgan fingerprint density at radius 2 is 1.58 bits per heavy atom. The number of benzene rings is 2. The normalized spacial score (nSPS) is 11.8. The van der Waals surface area contributed by atoms with E-state index in [1.54, 1.807) is 21.3 Å². The maximum atomic E-state index is 5.53. The van der Waals surface area contributed by atoms with E-state index in [2.05, 4.69) is 42.6 Å². The molecule has 0 aliphatic heterocycles. The third-order valence-electron chi connectivity index (χ3n) is 4.14. The predicted octanol–water partition coefficient (Wildman–Crippen LogP) is 3.82. The fourth-order valence-electron chi connectivity index (χ4n) is 2.72. The highest BCUT2D eigenvalue weighted by atomic mass is 16.5. The molecule has 0 spiro atoms. The molecule has 0 amide bonds. The minimum absolute atomic E-state index is 0.406. The van der Waals surface area contributed by atoms with Gasteiger partial charge in [0.2, 0.25) is 5.75 Å². The molecular formula is C20H27NO3. The quantitative estimate of drug-likeness (QED) is 0.759. The molecule has 1 atom stereocenters. The summed E-state index contributed by atoms with van der Waals surface area (Å²) in [5.74, 6) is 2.03. The van der Waals surface area contributed by atoms with Gasteiger partial charge in [-0.2, -0.15) is 0 Å². The lowest BCUT2D eigenvalue weighted by Crippen LogP contribution is -2.26. The van der Waals surface area contributed by atoms with Gasteiger partial charge in [0.25, 0.3) is 0 Å². The summed E-state index contributed by atoms with van der Waals surface area (Å²) < 4.78 is 16.3. The van der Waals surface area contributed by atoms with Crippen molar-refractivity contribution in [2.24, 2.45) is 0 Å². The molecule has 0 bridgehead atoms. The molecule has 0 saturated heterocycles. The zero-order chi connectivity index (χ0) is 17.4. The Hall–Kier alpha value is -2.20. The van der Waals surface area contributed by atoms with Gasteiger partial charge < -0.3 is 19.5 Å². The van der Waals surface area contributed by atoms with Crippen LogP contribution in [0.2, 0.25) is 0 Å². The second-order valence-electron chi connectivity index (χ2n) is 5.80. The van der Waals surface area contributed by atoms with E-state index in [1.165, 1.54) is 5.56 Å². The Morgan fingerprint density at radius 3 is 2.21 bits per heavy atom. The number of aryl methyl sites for hydroxylation is 1. The number of hydrogen-bond donors (Lipinski definition) is 1. The first kappa shape index (κ1) is 18.1. The molecule has 0 fully saturated rings. The van der Waals surface area contributed by atoms with Crippen molar-refractivity contribution in [1.29, 1.82) is 0 Å². The maximum absolute atomic E-state index is 5.53. The number of methoxy groups -OCH3 is 3. The van der Waals surface area contributed by atoms with Crippen LogP contribution in [-0.2, 0) is 13.0 Å². The molecule has 0 aromatic heterocycles. The zero-order valence-corrected chi connectivity index (χ0v) is 15.0. The summed E-state index contributed by atoms with van der Waals surface area (Å²) in [5.41, 5.74) is 2.43. The molecule has 0 unspecified atom stereocenters. The first-order chi connectivity index (χ1) is 11.7. The van der Waals surface area contributed by atoms with E-state index in [9.17, 15) is 0 Å². The summed E-state index contributed by atoms with van der Waals surface area (Å²) in [6.07, 6.45) is 2.15. The van der Waals surface area contributed by atoms with Crippen LogP contribution in [0.1, 0.15) is 24.5 Å². The first-order valence-electron chi connectivity index (χ1n) is 8.24. The van der Waals surface area contributed by atoms with E-state index in [0.717, 1.165) is 30.7 Å². The van der Waals surface area contributed by atoms with Gasteiger partial charge in [0.1, 0.15) is 0 Å². The highest BCUT2D eigenvalue weighted by Crippen LogP contribution is 2.39. The highest BCUT2D eigenvalue weighted by molar-refractivity contribution is 5.55. The Labute approximate surface area is 144 Å². The molecule has 0 heterocycles. The first-order valence-corrected chi connectivity index (χ1v) is 8.24. The van der Waals surface area contributed by atoms with E-state index in [-0.39, 0.29) is 0 Å². The van der Waals surface area contributed by atoms with E-state index in [4.69, 9.17) is 14.2 Å². The zero-order valence-electron chi connectivity index (χ0n) is 15.0. The molecule has 130 valence electrons. The van der Waals surface area contributed by atoms with Gasteiger partial charge in [-0.25, -0.2) is 0 Å². The molecule has 24 heavy (non-hydrogen) atoms. The predicted molar refractivity (Wildman–Crippen MR) is 97.2 cm³/mol. The van der Waals surface area contributed by atoms with Crippen LogP contribution in [0.3, 0.4) is 0 Å². The van der Waals surface area contributed by atoms with E-state index < -0.39 is 0 Å². The highest BCUT2D eigenvalue weighted by Gasteiger charge is 2.16. The molecule has 2 aromatic carbocycles. The molecule has 2 aromatic rings. The fourth-order valence-corrected chi connectivity index (χ4v) is 2.72. The Bertz CT molecular complexity index is 628. The van der Waals surface area contributed by atoms with Crippen molar-refractivity contribution in [3.63, 3.8) is 0 Å². The van der Waals surface area contributed by atoms with Crippen LogP contribution < -0.4 is 19.5 Å². The second-order valence-corrected chi connectivity index (χ2v) is 5.80. The molecule has 1 N–H and O–H groups in total. The summed E-state index contributed by atoms with van der Waals surface area (Å²) in [6.45, 7) is 2.93. The summed E-state index contributed by atoms with van der Waals surface area (Å²) in [5, 5.41) is 3.56. The smallest absolute Gasteiger partial charge is 0.203 e. The van der Waals surface area contributed by atoms with Crippen molar-refractivity contribution >= 4 is 0 Å².